The molecule has 0 radical (unpaired) electrons. The number of imide groups is 1. The summed E-state index contributed by atoms with van der Waals surface area (Å²) in [6.45, 7) is 0. The fraction of sp³-hybridized carbons (Fsp3) is 0.429. The molecule has 2 rings (SSSR count). The molecule has 4 amide bonds. The second-order valence-corrected chi connectivity index (χ2v) is 6.22. The van der Waals surface area contributed by atoms with Gasteiger partial charge in [0.05, 0.1) is 17.4 Å². The summed E-state index contributed by atoms with van der Waals surface area (Å²) in [6, 6.07) is 0.463. The number of amides is 4. The van der Waals surface area contributed by atoms with Gasteiger partial charge in [0.25, 0.3) is 5.91 Å². The van der Waals surface area contributed by atoms with Gasteiger partial charge in [0.15, 0.2) is 0 Å². The number of carboxylic acids is 1. The van der Waals surface area contributed by atoms with Crippen molar-refractivity contribution in [3.63, 3.8) is 0 Å². The molecule has 1 saturated carbocycles. The van der Waals surface area contributed by atoms with Crippen LogP contribution in [-0.4, -0.2) is 28.9 Å². The molecule has 0 spiro atoms. The number of carboxylic acid groups (broad SMARTS) is 1. The molecule has 0 bridgehead atoms. The maximum atomic E-state index is 12.4. The topological polar surface area (TPSA) is 139 Å². The van der Waals surface area contributed by atoms with Gasteiger partial charge in [-0.2, -0.15) is 0 Å². The number of carbonyl (C=O) groups is 4. The van der Waals surface area contributed by atoms with Crippen molar-refractivity contribution in [3.05, 3.63) is 17.0 Å². The number of primary amides is 1. The number of carbonyl (C=O) groups excluding carboxylic acids is 3. The number of urea groups is 1. The Morgan fingerprint density at radius 3 is 2.43 bits per heavy atom. The summed E-state index contributed by atoms with van der Waals surface area (Å²) in [7, 11) is 0. The smallest absolute Gasteiger partial charge is 0.319 e. The predicted molar refractivity (Wildman–Crippen MR) is 83.1 cm³/mol. The van der Waals surface area contributed by atoms with Crippen LogP contribution in [0.5, 0.6) is 0 Å². The number of aliphatic carboxylic acids is 1. The summed E-state index contributed by atoms with van der Waals surface area (Å²) in [5.74, 6) is -3.47. The van der Waals surface area contributed by atoms with Crippen LogP contribution in [-0.2, 0) is 9.59 Å². The van der Waals surface area contributed by atoms with Gasteiger partial charge in [-0.3, -0.25) is 19.7 Å². The average molecular weight is 339 g/mol. The fourth-order valence-corrected chi connectivity index (χ4v) is 3.50. The molecular formula is C14H17N3O5S. The minimum Gasteiger partial charge on any atom is -0.481 e. The molecule has 1 aromatic heterocycles. The van der Waals surface area contributed by atoms with Gasteiger partial charge in [-0.15, -0.1) is 11.3 Å². The molecule has 1 heterocycles. The van der Waals surface area contributed by atoms with E-state index >= 15 is 0 Å². The van der Waals surface area contributed by atoms with Gasteiger partial charge >= 0.3 is 12.0 Å². The standard InChI is InChI=1S/C14H17N3O5S/c15-14(22)17-11(19)9-5-6-23-12(9)16-10(18)7-3-1-2-4-8(7)13(20)21/h5-8H,1-4H2,(H,16,18)(H,20,21)(H3,15,17,19,22)/t7-,8+/m1/s1. The zero-order valence-electron chi connectivity index (χ0n) is 12.2. The minimum atomic E-state index is -0.989. The quantitative estimate of drug-likeness (QED) is 0.656. The molecule has 1 aliphatic rings. The van der Waals surface area contributed by atoms with E-state index < -0.39 is 35.7 Å². The Labute approximate surface area is 136 Å². The van der Waals surface area contributed by atoms with Gasteiger partial charge in [-0.05, 0) is 24.3 Å². The lowest BCUT2D eigenvalue weighted by Gasteiger charge is -2.27. The Kier molecular flexibility index (Phi) is 5.32. The highest BCUT2D eigenvalue weighted by atomic mass is 32.1. The number of thiophene rings is 1. The summed E-state index contributed by atoms with van der Waals surface area (Å²) in [5, 5.41) is 15.6. The first-order chi connectivity index (χ1) is 10.9. The van der Waals surface area contributed by atoms with Gasteiger partial charge in [0, 0.05) is 0 Å². The van der Waals surface area contributed by atoms with Gasteiger partial charge < -0.3 is 16.2 Å². The van der Waals surface area contributed by atoms with Crippen molar-refractivity contribution in [1.29, 1.82) is 0 Å². The van der Waals surface area contributed by atoms with Crippen LogP contribution in [0.2, 0.25) is 0 Å². The molecule has 0 aromatic carbocycles. The third-order valence-electron chi connectivity index (χ3n) is 3.80. The van der Waals surface area contributed by atoms with Crippen LogP contribution in [0.25, 0.3) is 0 Å². The molecule has 2 atom stereocenters. The first-order valence-corrected chi connectivity index (χ1v) is 8.00. The number of anilines is 1. The molecule has 0 saturated heterocycles. The van der Waals surface area contributed by atoms with Gasteiger partial charge in [-0.25, -0.2) is 4.79 Å². The highest BCUT2D eigenvalue weighted by Gasteiger charge is 2.36. The zero-order chi connectivity index (χ0) is 17.0. The van der Waals surface area contributed by atoms with Gasteiger partial charge in [0.1, 0.15) is 5.00 Å². The van der Waals surface area contributed by atoms with Crippen LogP contribution in [0, 0.1) is 11.8 Å². The largest absolute Gasteiger partial charge is 0.481 e. The van der Waals surface area contributed by atoms with Crippen molar-refractivity contribution in [2.24, 2.45) is 17.6 Å². The molecule has 1 aliphatic carbocycles. The van der Waals surface area contributed by atoms with Crippen molar-refractivity contribution in [1.82, 2.24) is 5.32 Å². The summed E-state index contributed by atoms with van der Waals surface area (Å²) >= 11 is 1.11. The molecule has 0 aliphatic heterocycles. The van der Waals surface area contributed by atoms with E-state index in [2.05, 4.69) is 5.32 Å². The van der Waals surface area contributed by atoms with E-state index in [1.165, 1.54) is 6.07 Å². The monoisotopic (exact) mass is 339 g/mol. The van der Waals surface area contributed by atoms with Crippen LogP contribution >= 0.6 is 11.3 Å². The van der Waals surface area contributed by atoms with E-state index in [9.17, 15) is 24.3 Å². The van der Waals surface area contributed by atoms with Crippen molar-refractivity contribution < 1.29 is 24.3 Å². The van der Waals surface area contributed by atoms with Crippen molar-refractivity contribution in [2.45, 2.75) is 25.7 Å². The number of hydrogen-bond donors (Lipinski definition) is 4. The molecule has 8 nitrogen and oxygen atoms in total. The van der Waals surface area contributed by atoms with E-state index in [0.717, 1.165) is 24.2 Å². The second kappa shape index (κ2) is 7.23. The lowest BCUT2D eigenvalue weighted by Crippen LogP contribution is -2.37. The van der Waals surface area contributed by atoms with E-state index in [4.69, 9.17) is 5.73 Å². The molecule has 0 unspecified atom stereocenters. The van der Waals surface area contributed by atoms with E-state index in [1.54, 1.807) is 5.38 Å². The number of nitrogens with two attached hydrogens (primary N) is 1. The van der Waals surface area contributed by atoms with Crippen molar-refractivity contribution in [2.75, 3.05) is 5.32 Å². The maximum absolute atomic E-state index is 12.4. The highest BCUT2D eigenvalue weighted by molar-refractivity contribution is 7.14. The molecule has 5 N–H and O–H groups in total. The summed E-state index contributed by atoms with van der Waals surface area (Å²) in [5.41, 5.74) is 5.01. The Bertz CT molecular complexity index is 642. The molecule has 124 valence electrons. The Morgan fingerprint density at radius 1 is 1.17 bits per heavy atom. The van der Waals surface area contributed by atoms with Gasteiger partial charge in [-0.1, -0.05) is 12.8 Å². The zero-order valence-corrected chi connectivity index (χ0v) is 13.0. The molecule has 1 aromatic rings. The van der Waals surface area contributed by atoms with Crippen LogP contribution < -0.4 is 16.4 Å². The predicted octanol–water partition coefficient (Wildman–Crippen LogP) is 1.39. The summed E-state index contributed by atoms with van der Waals surface area (Å²) in [4.78, 5) is 46.2. The summed E-state index contributed by atoms with van der Waals surface area (Å²) < 4.78 is 0. The third kappa shape index (κ3) is 4.07. The minimum absolute atomic E-state index is 0.116. The Hall–Kier alpha value is -2.42. The molecular weight excluding hydrogens is 322 g/mol. The van der Waals surface area contributed by atoms with Crippen LogP contribution in [0.4, 0.5) is 9.80 Å². The number of hydrogen-bond acceptors (Lipinski definition) is 5. The summed E-state index contributed by atoms with van der Waals surface area (Å²) in [6.07, 6.45) is 2.54. The first kappa shape index (κ1) is 16.9. The van der Waals surface area contributed by atoms with Gasteiger partial charge in [0.2, 0.25) is 5.91 Å². The molecule has 1 fully saturated rings. The van der Waals surface area contributed by atoms with E-state index in [-0.39, 0.29) is 10.6 Å². The van der Waals surface area contributed by atoms with Crippen LogP contribution in [0.1, 0.15) is 36.0 Å². The maximum Gasteiger partial charge on any atom is 0.319 e. The molecule has 9 heteroatoms. The van der Waals surface area contributed by atoms with Crippen LogP contribution in [0.3, 0.4) is 0 Å². The average Bonchev–Trinajstić information content (AvgIpc) is 2.94. The third-order valence-corrected chi connectivity index (χ3v) is 4.63. The Balaban J connectivity index is 2.11. The van der Waals surface area contributed by atoms with E-state index in [1.807, 2.05) is 5.32 Å². The molecule has 23 heavy (non-hydrogen) atoms. The Morgan fingerprint density at radius 2 is 1.83 bits per heavy atom. The lowest BCUT2D eigenvalue weighted by molar-refractivity contribution is -0.147. The fourth-order valence-electron chi connectivity index (χ4n) is 2.71. The SMILES string of the molecule is NC(=O)NC(=O)c1ccsc1NC(=O)[C@@H]1CCCC[C@@H]1C(=O)O. The lowest BCUT2D eigenvalue weighted by atomic mass is 9.79. The second-order valence-electron chi connectivity index (χ2n) is 5.31. The van der Waals surface area contributed by atoms with Crippen LogP contribution in [0.15, 0.2) is 11.4 Å². The number of rotatable bonds is 4. The van der Waals surface area contributed by atoms with E-state index in [0.29, 0.717) is 12.8 Å². The number of nitrogens with one attached hydrogen (secondary N) is 2. The first-order valence-electron chi connectivity index (χ1n) is 7.12. The van der Waals surface area contributed by atoms with Crippen molar-refractivity contribution >= 4 is 40.2 Å². The van der Waals surface area contributed by atoms with Crippen molar-refractivity contribution in [3.8, 4) is 0 Å². The highest BCUT2D eigenvalue weighted by Crippen LogP contribution is 2.32. The normalized spacial score (nSPS) is 20.5.